The van der Waals surface area contributed by atoms with E-state index >= 15 is 0 Å². The summed E-state index contributed by atoms with van der Waals surface area (Å²) in [7, 11) is 0. The van der Waals surface area contributed by atoms with Crippen LogP contribution in [0.4, 0.5) is 13.2 Å². The summed E-state index contributed by atoms with van der Waals surface area (Å²) in [6, 6.07) is 14.6. The monoisotopic (exact) mass is 556 g/mol. The normalized spacial score (nSPS) is 12.0. The first kappa shape index (κ1) is 29.8. The third kappa shape index (κ3) is 8.37. The van der Waals surface area contributed by atoms with Gasteiger partial charge in [0.15, 0.2) is 5.11 Å². The average Bonchev–Trinajstić information content (AvgIpc) is 3.34. The first-order chi connectivity index (χ1) is 18.7. The Bertz CT molecular complexity index is 1300. The molecule has 206 valence electrons. The summed E-state index contributed by atoms with van der Waals surface area (Å²) in [5.41, 5.74) is 7.38. The number of ketones is 1. The maximum absolute atomic E-state index is 13.6. The Morgan fingerprint density at radius 3 is 2.59 bits per heavy atom. The second kappa shape index (κ2) is 13.9. The number of nitrogens with one attached hydrogen (secondary N) is 1. The Morgan fingerprint density at radius 2 is 1.95 bits per heavy atom. The third-order valence-electron chi connectivity index (χ3n) is 6.30. The number of aromatic nitrogens is 2. The van der Waals surface area contributed by atoms with E-state index in [2.05, 4.69) is 16.4 Å². The van der Waals surface area contributed by atoms with Crippen molar-refractivity contribution in [3.05, 3.63) is 89.0 Å². The minimum absolute atomic E-state index is 0.0738. The number of hydrogen-bond acceptors (Lipinski definition) is 5. The van der Waals surface area contributed by atoms with E-state index in [1.165, 1.54) is 12.1 Å². The standard InChI is InChI=1S/C28H31F3N6OS/c1-2-35-27(39)36(17-22-5-3-4-6-25(22)28(29,30)31)18-23(11-12-32)26(38)13-24-15-34-19-37(24)16-21-9-7-20(14-33)8-10-21/h3-10,15,19,23H,2,11-13,16-18,32H2,1H3,(H,35,39)/t23-/m0/s1. The molecular weight excluding hydrogens is 525 g/mol. The van der Waals surface area contributed by atoms with E-state index in [1.807, 2.05) is 23.6 Å². The molecule has 39 heavy (non-hydrogen) atoms. The van der Waals surface area contributed by atoms with Gasteiger partial charge >= 0.3 is 6.18 Å². The lowest BCUT2D eigenvalue weighted by atomic mass is 9.95. The highest BCUT2D eigenvalue weighted by molar-refractivity contribution is 7.80. The predicted molar refractivity (Wildman–Crippen MR) is 146 cm³/mol. The van der Waals surface area contributed by atoms with Crippen molar-refractivity contribution in [1.29, 1.82) is 5.26 Å². The molecule has 0 bridgehead atoms. The van der Waals surface area contributed by atoms with Crippen LogP contribution in [-0.2, 0) is 30.5 Å². The van der Waals surface area contributed by atoms with Crippen LogP contribution in [0.25, 0.3) is 0 Å². The first-order valence-electron chi connectivity index (χ1n) is 12.5. The van der Waals surface area contributed by atoms with Gasteiger partial charge < -0.3 is 20.5 Å². The molecule has 3 rings (SSSR count). The predicted octanol–water partition coefficient (Wildman–Crippen LogP) is 4.30. The zero-order valence-electron chi connectivity index (χ0n) is 21.6. The molecule has 0 saturated heterocycles. The fourth-order valence-electron chi connectivity index (χ4n) is 4.29. The van der Waals surface area contributed by atoms with Crippen molar-refractivity contribution >= 4 is 23.1 Å². The van der Waals surface area contributed by atoms with Crippen LogP contribution in [0.1, 0.15) is 41.3 Å². The Kier molecular flexibility index (Phi) is 10.6. The van der Waals surface area contributed by atoms with Crippen molar-refractivity contribution in [2.45, 2.75) is 39.0 Å². The fourth-order valence-corrected chi connectivity index (χ4v) is 4.57. The molecule has 0 saturated carbocycles. The van der Waals surface area contributed by atoms with Crippen LogP contribution in [0.15, 0.2) is 61.1 Å². The quantitative estimate of drug-likeness (QED) is 0.321. The topological polar surface area (TPSA) is 100.0 Å². The molecule has 2 aromatic carbocycles. The summed E-state index contributed by atoms with van der Waals surface area (Å²) in [5, 5.41) is 12.3. The number of nitrogens with two attached hydrogens (primary N) is 1. The van der Waals surface area contributed by atoms with Crippen LogP contribution in [0.2, 0.25) is 0 Å². The number of Topliss-reactive ketones (excluding diaryl/α,β-unsaturated/α-hetero) is 1. The minimum atomic E-state index is -4.51. The van der Waals surface area contributed by atoms with Gasteiger partial charge in [0.2, 0.25) is 0 Å². The molecule has 0 aliphatic heterocycles. The zero-order chi connectivity index (χ0) is 28.4. The number of alkyl halides is 3. The molecular formula is C28H31F3N6OS. The molecule has 1 atom stereocenters. The number of carbonyl (C=O) groups excluding carboxylic acids is 1. The highest BCUT2D eigenvalue weighted by Crippen LogP contribution is 2.32. The molecule has 0 aliphatic carbocycles. The molecule has 1 heterocycles. The van der Waals surface area contributed by atoms with Crippen molar-refractivity contribution in [2.24, 2.45) is 11.7 Å². The molecule has 0 fully saturated rings. The second-order valence-corrected chi connectivity index (χ2v) is 9.50. The molecule has 0 amide bonds. The summed E-state index contributed by atoms with van der Waals surface area (Å²) in [4.78, 5) is 19.3. The average molecular weight is 557 g/mol. The molecule has 3 aromatic rings. The lowest BCUT2D eigenvalue weighted by Crippen LogP contribution is -2.44. The number of rotatable bonds is 12. The van der Waals surface area contributed by atoms with Gasteiger partial charge in [-0.15, -0.1) is 0 Å². The first-order valence-corrected chi connectivity index (χ1v) is 13.0. The van der Waals surface area contributed by atoms with Gasteiger partial charge in [-0.2, -0.15) is 18.4 Å². The Labute approximate surface area is 231 Å². The van der Waals surface area contributed by atoms with E-state index in [4.69, 9.17) is 23.2 Å². The number of benzene rings is 2. The molecule has 0 spiro atoms. The van der Waals surface area contributed by atoms with Gasteiger partial charge in [-0.05, 0) is 61.4 Å². The zero-order valence-corrected chi connectivity index (χ0v) is 22.4. The van der Waals surface area contributed by atoms with Crippen LogP contribution in [0, 0.1) is 17.2 Å². The van der Waals surface area contributed by atoms with E-state index in [9.17, 15) is 18.0 Å². The van der Waals surface area contributed by atoms with Crippen LogP contribution in [-0.4, -0.2) is 45.0 Å². The number of thiocarbonyl (C=S) groups is 1. The van der Waals surface area contributed by atoms with Crippen molar-refractivity contribution in [2.75, 3.05) is 19.6 Å². The van der Waals surface area contributed by atoms with Crippen molar-refractivity contribution in [3.8, 4) is 6.07 Å². The number of hydrogen-bond donors (Lipinski definition) is 2. The molecule has 0 aliphatic rings. The van der Waals surface area contributed by atoms with Crippen LogP contribution < -0.4 is 11.1 Å². The van der Waals surface area contributed by atoms with Gasteiger partial charge in [-0.1, -0.05) is 30.3 Å². The highest BCUT2D eigenvalue weighted by Gasteiger charge is 2.34. The van der Waals surface area contributed by atoms with Crippen LogP contribution in [0.3, 0.4) is 0 Å². The summed E-state index contributed by atoms with van der Waals surface area (Å²) < 4.78 is 42.8. The van der Waals surface area contributed by atoms with Gasteiger partial charge in [0.25, 0.3) is 0 Å². The number of nitriles is 1. The fraction of sp³-hybridized carbons (Fsp3) is 0.357. The summed E-state index contributed by atoms with van der Waals surface area (Å²) in [6.45, 7) is 3.05. The molecule has 0 unspecified atom stereocenters. The highest BCUT2D eigenvalue weighted by atomic mass is 32.1. The minimum Gasteiger partial charge on any atom is -0.363 e. The van der Waals surface area contributed by atoms with Gasteiger partial charge in [-0.25, -0.2) is 4.98 Å². The van der Waals surface area contributed by atoms with E-state index in [1.54, 1.807) is 35.6 Å². The molecule has 11 heteroatoms. The lowest BCUT2D eigenvalue weighted by Gasteiger charge is -2.30. The van der Waals surface area contributed by atoms with Crippen molar-refractivity contribution in [1.82, 2.24) is 19.8 Å². The maximum atomic E-state index is 13.6. The van der Waals surface area contributed by atoms with E-state index in [0.29, 0.717) is 30.8 Å². The van der Waals surface area contributed by atoms with E-state index in [-0.39, 0.29) is 42.5 Å². The second-order valence-electron chi connectivity index (χ2n) is 9.11. The number of carbonyl (C=O) groups is 1. The third-order valence-corrected chi connectivity index (χ3v) is 6.70. The lowest BCUT2D eigenvalue weighted by molar-refractivity contribution is -0.138. The van der Waals surface area contributed by atoms with Crippen molar-refractivity contribution < 1.29 is 18.0 Å². The maximum Gasteiger partial charge on any atom is 0.416 e. The van der Waals surface area contributed by atoms with Gasteiger partial charge in [0.05, 0.1) is 23.5 Å². The van der Waals surface area contributed by atoms with Gasteiger partial charge in [-0.3, -0.25) is 4.79 Å². The smallest absolute Gasteiger partial charge is 0.363 e. The largest absolute Gasteiger partial charge is 0.416 e. The number of nitrogens with zero attached hydrogens (tertiary/aromatic N) is 4. The molecule has 0 radical (unpaired) electrons. The molecule has 3 N–H and O–H groups in total. The molecule has 1 aromatic heterocycles. The summed E-state index contributed by atoms with van der Waals surface area (Å²) in [6.07, 6.45) is -0.806. The number of imidazole rings is 1. The van der Waals surface area contributed by atoms with Crippen LogP contribution in [0.5, 0.6) is 0 Å². The summed E-state index contributed by atoms with van der Waals surface area (Å²) in [5.74, 6) is -0.654. The Hall–Kier alpha value is -3.75. The van der Waals surface area contributed by atoms with Gasteiger partial charge in [0, 0.05) is 50.4 Å². The van der Waals surface area contributed by atoms with Crippen molar-refractivity contribution in [3.63, 3.8) is 0 Å². The SMILES string of the molecule is CCNC(=S)N(Cc1ccccc1C(F)(F)F)C[C@H](CCN)C(=O)Cc1cncn1Cc1ccc(C#N)cc1. The Morgan fingerprint density at radius 1 is 1.23 bits per heavy atom. The van der Waals surface area contributed by atoms with E-state index < -0.39 is 17.7 Å². The summed E-state index contributed by atoms with van der Waals surface area (Å²) >= 11 is 5.48. The Balaban J connectivity index is 1.79. The van der Waals surface area contributed by atoms with Gasteiger partial charge in [0.1, 0.15) is 5.78 Å². The van der Waals surface area contributed by atoms with E-state index in [0.717, 1.165) is 11.6 Å². The molecule has 7 nitrogen and oxygen atoms in total. The number of halogens is 3. The van der Waals surface area contributed by atoms with Crippen LogP contribution >= 0.6 is 12.2 Å².